The van der Waals surface area contributed by atoms with E-state index in [1.54, 1.807) is 13.4 Å². The lowest BCUT2D eigenvalue weighted by Crippen LogP contribution is -2.28. The summed E-state index contributed by atoms with van der Waals surface area (Å²) in [6.07, 6.45) is 5.52. The van der Waals surface area contributed by atoms with Gasteiger partial charge in [-0.2, -0.15) is 0 Å². The molecule has 98 valence electrons. The Morgan fingerprint density at radius 1 is 1.33 bits per heavy atom. The van der Waals surface area contributed by atoms with Gasteiger partial charge in [0.05, 0.1) is 12.7 Å². The Morgan fingerprint density at radius 3 is 2.89 bits per heavy atom. The molecule has 1 unspecified atom stereocenters. The van der Waals surface area contributed by atoms with Crippen molar-refractivity contribution in [3.05, 3.63) is 11.9 Å². The maximum absolute atomic E-state index is 5.22. The van der Waals surface area contributed by atoms with Gasteiger partial charge >= 0.3 is 0 Å². The number of methoxy groups -OCH3 is 1. The number of ether oxygens (including phenoxy) is 1. The van der Waals surface area contributed by atoms with Crippen molar-refractivity contribution in [3.8, 4) is 5.88 Å². The summed E-state index contributed by atoms with van der Waals surface area (Å²) in [6, 6.07) is 1.36. The molecule has 0 bridgehead atoms. The molecule has 1 aromatic heterocycles. The highest BCUT2D eigenvalue weighted by Crippen LogP contribution is 2.31. The fraction of sp³-hybridized carbons (Fsp3) is 0.692. The molecule has 1 N–H and O–H groups in total. The first kappa shape index (κ1) is 11.7. The van der Waals surface area contributed by atoms with Gasteiger partial charge in [0.2, 0.25) is 5.88 Å². The fourth-order valence-corrected chi connectivity index (χ4v) is 2.66. The molecular formula is C13H20N4O. The number of nitrogens with zero attached hydrogens (tertiary/aromatic N) is 3. The Bertz CT molecular complexity index is 433. The molecule has 3 rings (SSSR count). The Kier molecular flexibility index (Phi) is 3.07. The van der Waals surface area contributed by atoms with E-state index in [0.29, 0.717) is 11.9 Å². The summed E-state index contributed by atoms with van der Waals surface area (Å²) in [5.41, 5.74) is 0.991. The number of rotatable bonds is 4. The smallest absolute Gasteiger partial charge is 0.221 e. The van der Waals surface area contributed by atoms with Crippen LogP contribution in [0.3, 0.4) is 0 Å². The standard InChI is InChI=1S/C13H20N4O/c1-9-12(14-8-15-13(9)18-2)16-10-5-6-17(7-10)11-3-4-11/h8,10-11H,3-7H2,1-2H3,(H,14,15,16). The van der Waals surface area contributed by atoms with Crippen molar-refractivity contribution >= 4 is 5.82 Å². The Morgan fingerprint density at radius 2 is 2.17 bits per heavy atom. The third-order valence-corrected chi connectivity index (χ3v) is 3.85. The first-order chi connectivity index (χ1) is 8.78. The van der Waals surface area contributed by atoms with E-state index in [0.717, 1.165) is 24.0 Å². The minimum atomic E-state index is 0.504. The minimum Gasteiger partial charge on any atom is -0.481 e. The Balaban J connectivity index is 1.65. The molecule has 0 amide bonds. The molecule has 1 aliphatic heterocycles. The van der Waals surface area contributed by atoms with Crippen molar-refractivity contribution in [2.75, 3.05) is 25.5 Å². The predicted octanol–water partition coefficient (Wildman–Crippen LogP) is 1.44. The third-order valence-electron chi connectivity index (χ3n) is 3.85. The summed E-state index contributed by atoms with van der Waals surface area (Å²) in [5.74, 6) is 1.56. The van der Waals surface area contributed by atoms with Crippen LogP contribution in [-0.2, 0) is 0 Å². The number of aromatic nitrogens is 2. The van der Waals surface area contributed by atoms with Crippen LogP contribution in [0.4, 0.5) is 5.82 Å². The number of nitrogens with one attached hydrogen (secondary N) is 1. The molecule has 1 aliphatic carbocycles. The van der Waals surface area contributed by atoms with Crippen LogP contribution in [0, 0.1) is 6.92 Å². The lowest BCUT2D eigenvalue weighted by Gasteiger charge is -2.17. The molecule has 0 spiro atoms. The van der Waals surface area contributed by atoms with Gasteiger partial charge in [-0.25, -0.2) is 9.97 Å². The normalized spacial score (nSPS) is 24.2. The molecule has 0 aromatic carbocycles. The van der Waals surface area contributed by atoms with E-state index in [4.69, 9.17) is 4.74 Å². The highest BCUT2D eigenvalue weighted by atomic mass is 16.5. The number of hydrogen-bond acceptors (Lipinski definition) is 5. The van der Waals surface area contributed by atoms with E-state index in [1.165, 1.54) is 25.8 Å². The van der Waals surface area contributed by atoms with Gasteiger partial charge in [0.25, 0.3) is 0 Å². The van der Waals surface area contributed by atoms with Crippen LogP contribution < -0.4 is 10.1 Å². The quantitative estimate of drug-likeness (QED) is 0.874. The van der Waals surface area contributed by atoms with Crippen molar-refractivity contribution in [1.29, 1.82) is 0 Å². The van der Waals surface area contributed by atoms with Crippen LogP contribution in [0.5, 0.6) is 5.88 Å². The molecule has 1 atom stereocenters. The van der Waals surface area contributed by atoms with Gasteiger partial charge in [-0.05, 0) is 26.2 Å². The van der Waals surface area contributed by atoms with Crippen LogP contribution in [0.25, 0.3) is 0 Å². The van der Waals surface area contributed by atoms with E-state index < -0.39 is 0 Å². The molecule has 18 heavy (non-hydrogen) atoms. The SMILES string of the molecule is COc1ncnc(NC2CCN(C3CC3)C2)c1C. The van der Waals surface area contributed by atoms with Crippen molar-refractivity contribution in [2.24, 2.45) is 0 Å². The molecule has 5 heteroatoms. The lowest BCUT2D eigenvalue weighted by atomic mass is 10.2. The van der Waals surface area contributed by atoms with Gasteiger partial charge in [-0.1, -0.05) is 0 Å². The van der Waals surface area contributed by atoms with Crippen LogP contribution in [0.2, 0.25) is 0 Å². The zero-order valence-corrected chi connectivity index (χ0v) is 11.0. The summed E-state index contributed by atoms with van der Waals surface area (Å²) in [4.78, 5) is 11.0. The second-order valence-corrected chi connectivity index (χ2v) is 5.21. The molecule has 2 heterocycles. The van der Waals surface area contributed by atoms with E-state index in [-0.39, 0.29) is 0 Å². The second kappa shape index (κ2) is 4.72. The first-order valence-corrected chi connectivity index (χ1v) is 6.64. The summed E-state index contributed by atoms with van der Waals surface area (Å²) in [7, 11) is 1.64. The summed E-state index contributed by atoms with van der Waals surface area (Å²) in [5, 5.41) is 3.52. The topological polar surface area (TPSA) is 50.3 Å². The van der Waals surface area contributed by atoms with Crippen molar-refractivity contribution in [3.63, 3.8) is 0 Å². The summed E-state index contributed by atoms with van der Waals surface area (Å²) in [6.45, 7) is 4.34. The fourth-order valence-electron chi connectivity index (χ4n) is 2.66. The minimum absolute atomic E-state index is 0.504. The molecule has 2 aliphatic rings. The monoisotopic (exact) mass is 248 g/mol. The Labute approximate surface area is 108 Å². The summed E-state index contributed by atoms with van der Waals surface area (Å²) >= 11 is 0. The van der Waals surface area contributed by atoms with Crippen molar-refractivity contribution in [2.45, 2.75) is 38.3 Å². The van der Waals surface area contributed by atoms with Crippen LogP contribution in [0.15, 0.2) is 6.33 Å². The largest absolute Gasteiger partial charge is 0.481 e. The van der Waals surface area contributed by atoms with Gasteiger partial charge in [-0.15, -0.1) is 0 Å². The number of anilines is 1. The zero-order chi connectivity index (χ0) is 12.5. The van der Waals surface area contributed by atoms with Gasteiger partial charge in [0.15, 0.2) is 0 Å². The first-order valence-electron chi connectivity index (χ1n) is 6.64. The molecule has 1 aromatic rings. The van der Waals surface area contributed by atoms with Gasteiger partial charge in [0.1, 0.15) is 12.1 Å². The number of hydrogen-bond donors (Lipinski definition) is 1. The van der Waals surface area contributed by atoms with Gasteiger partial charge in [-0.3, -0.25) is 4.90 Å². The van der Waals surface area contributed by atoms with Crippen LogP contribution >= 0.6 is 0 Å². The van der Waals surface area contributed by atoms with Crippen molar-refractivity contribution in [1.82, 2.24) is 14.9 Å². The molecule has 1 saturated heterocycles. The van der Waals surface area contributed by atoms with E-state index >= 15 is 0 Å². The third kappa shape index (κ3) is 2.27. The molecule has 0 radical (unpaired) electrons. The zero-order valence-electron chi connectivity index (χ0n) is 11.0. The van der Waals surface area contributed by atoms with Crippen LogP contribution in [-0.4, -0.2) is 47.2 Å². The molecular weight excluding hydrogens is 228 g/mol. The van der Waals surface area contributed by atoms with Gasteiger partial charge in [0, 0.05) is 25.2 Å². The van der Waals surface area contributed by atoms with E-state index in [9.17, 15) is 0 Å². The average molecular weight is 248 g/mol. The van der Waals surface area contributed by atoms with Crippen LogP contribution in [0.1, 0.15) is 24.8 Å². The highest BCUT2D eigenvalue weighted by molar-refractivity contribution is 5.48. The molecule has 2 fully saturated rings. The summed E-state index contributed by atoms with van der Waals surface area (Å²) < 4.78 is 5.22. The highest BCUT2D eigenvalue weighted by Gasteiger charge is 2.34. The van der Waals surface area contributed by atoms with Crippen molar-refractivity contribution < 1.29 is 4.74 Å². The van der Waals surface area contributed by atoms with Gasteiger partial charge < -0.3 is 10.1 Å². The molecule has 1 saturated carbocycles. The Hall–Kier alpha value is -1.36. The maximum Gasteiger partial charge on any atom is 0.221 e. The van der Waals surface area contributed by atoms with E-state index in [2.05, 4.69) is 20.2 Å². The number of likely N-dealkylation sites (tertiary alicyclic amines) is 1. The lowest BCUT2D eigenvalue weighted by molar-refractivity contribution is 0.326. The maximum atomic E-state index is 5.22. The predicted molar refractivity (Wildman–Crippen MR) is 69.9 cm³/mol. The van der Waals surface area contributed by atoms with E-state index in [1.807, 2.05) is 6.92 Å². The average Bonchev–Trinajstić information content (AvgIpc) is 3.13. The molecule has 5 nitrogen and oxygen atoms in total. The second-order valence-electron chi connectivity index (χ2n) is 5.21.